The molecule has 0 bridgehead atoms. The minimum atomic E-state index is -2.88. The quantitative estimate of drug-likeness (QED) is 0.790. The molecule has 0 aliphatic rings. The Hall–Kier alpha value is -3.16. The lowest BCUT2D eigenvalue weighted by molar-refractivity contribution is -0.120. The number of hydrogen-bond acceptors (Lipinski definition) is 4. The number of alkyl halides is 2. The smallest absolute Gasteiger partial charge is 0.411 e. The summed E-state index contributed by atoms with van der Waals surface area (Å²) in [5.41, 5.74) is 2.12. The highest BCUT2D eigenvalue weighted by Gasteiger charge is 2.07. The number of methoxy groups -OCH3 is 1. The topological polar surface area (TPSA) is 76.7 Å². The van der Waals surface area contributed by atoms with E-state index in [1.165, 1.54) is 19.2 Å². The molecule has 0 atom stereocenters. The van der Waals surface area contributed by atoms with E-state index < -0.39 is 12.7 Å². The van der Waals surface area contributed by atoms with Crippen LogP contribution >= 0.6 is 0 Å². The van der Waals surface area contributed by atoms with Crippen LogP contribution in [0.25, 0.3) is 0 Å². The van der Waals surface area contributed by atoms with Gasteiger partial charge in [0.2, 0.25) is 5.91 Å². The predicted octanol–water partition coefficient (Wildman–Crippen LogP) is 3.33. The number of anilines is 1. The second kappa shape index (κ2) is 9.36. The van der Waals surface area contributed by atoms with Gasteiger partial charge in [0.15, 0.2) is 0 Å². The summed E-state index contributed by atoms with van der Waals surface area (Å²) >= 11 is 0. The summed E-state index contributed by atoms with van der Waals surface area (Å²) in [7, 11) is 1.28. The molecule has 6 nitrogen and oxygen atoms in total. The summed E-state index contributed by atoms with van der Waals surface area (Å²) in [5.74, 6) is -0.158. The van der Waals surface area contributed by atoms with Crippen LogP contribution in [0.3, 0.4) is 0 Å². The molecule has 2 rings (SSSR count). The van der Waals surface area contributed by atoms with Gasteiger partial charge in [-0.3, -0.25) is 10.1 Å². The summed E-state index contributed by atoms with van der Waals surface area (Å²) in [6.45, 7) is -2.55. The Morgan fingerprint density at radius 1 is 1.00 bits per heavy atom. The monoisotopic (exact) mass is 364 g/mol. The average molecular weight is 364 g/mol. The van der Waals surface area contributed by atoms with E-state index in [1.807, 2.05) is 0 Å². The number of carbonyl (C=O) groups is 2. The molecule has 0 radical (unpaired) electrons. The zero-order chi connectivity index (χ0) is 18.9. The number of ether oxygens (including phenoxy) is 2. The molecule has 2 aromatic rings. The van der Waals surface area contributed by atoms with Crippen molar-refractivity contribution in [2.75, 3.05) is 12.4 Å². The molecule has 138 valence electrons. The number of halogens is 2. The fourth-order valence-electron chi connectivity index (χ4n) is 2.11. The van der Waals surface area contributed by atoms with Crippen molar-refractivity contribution >= 4 is 17.7 Å². The third-order valence-corrected chi connectivity index (χ3v) is 3.39. The van der Waals surface area contributed by atoms with Gasteiger partial charge in [-0.25, -0.2) is 4.79 Å². The standard InChI is InChI=1S/C18H18F2N2O4/c1-25-18(24)22-14-6-2-13(3-7-14)11-21-16(23)10-12-4-8-15(9-5-12)26-17(19)20/h2-9,17H,10-11H2,1H3,(H,21,23)(H,22,24). The van der Waals surface area contributed by atoms with Crippen LogP contribution in [0.15, 0.2) is 48.5 Å². The Morgan fingerprint density at radius 2 is 1.62 bits per heavy atom. The van der Waals surface area contributed by atoms with Crippen LogP contribution in [0.1, 0.15) is 11.1 Å². The van der Waals surface area contributed by atoms with Crippen molar-refractivity contribution in [3.8, 4) is 5.75 Å². The number of benzene rings is 2. The highest BCUT2D eigenvalue weighted by atomic mass is 19.3. The summed E-state index contributed by atoms with van der Waals surface area (Å²) in [6, 6.07) is 12.8. The molecule has 0 heterocycles. The van der Waals surface area contributed by atoms with Crippen LogP contribution in [0.2, 0.25) is 0 Å². The Kier molecular flexibility index (Phi) is 6.90. The van der Waals surface area contributed by atoms with Crippen molar-refractivity contribution < 1.29 is 27.8 Å². The van der Waals surface area contributed by atoms with Gasteiger partial charge in [-0.15, -0.1) is 0 Å². The van der Waals surface area contributed by atoms with Crippen LogP contribution in [0.5, 0.6) is 5.75 Å². The number of hydrogen-bond donors (Lipinski definition) is 2. The van der Waals surface area contributed by atoms with E-state index in [0.29, 0.717) is 17.8 Å². The average Bonchev–Trinajstić information content (AvgIpc) is 2.62. The van der Waals surface area contributed by atoms with Crippen molar-refractivity contribution in [3.63, 3.8) is 0 Å². The third kappa shape index (κ3) is 6.39. The molecule has 8 heteroatoms. The van der Waals surface area contributed by atoms with Crippen molar-refractivity contribution in [2.24, 2.45) is 0 Å². The second-order valence-electron chi connectivity index (χ2n) is 5.29. The molecule has 0 aliphatic heterocycles. The molecule has 0 aliphatic carbocycles. The first kappa shape index (κ1) is 19.2. The predicted molar refractivity (Wildman–Crippen MR) is 91.1 cm³/mol. The van der Waals surface area contributed by atoms with E-state index >= 15 is 0 Å². The molecule has 0 unspecified atom stereocenters. The molecule has 2 aromatic carbocycles. The van der Waals surface area contributed by atoms with Gasteiger partial charge in [0.1, 0.15) is 5.75 Å². The number of rotatable bonds is 7. The van der Waals surface area contributed by atoms with E-state index in [1.54, 1.807) is 36.4 Å². The highest BCUT2D eigenvalue weighted by molar-refractivity contribution is 5.84. The van der Waals surface area contributed by atoms with E-state index in [2.05, 4.69) is 20.1 Å². The second-order valence-corrected chi connectivity index (χ2v) is 5.29. The zero-order valence-electron chi connectivity index (χ0n) is 14.0. The van der Waals surface area contributed by atoms with Gasteiger partial charge in [0.05, 0.1) is 13.5 Å². The molecule has 0 saturated heterocycles. The van der Waals surface area contributed by atoms with Crippen molar-refractivity contribution in [1.29, 1.82) is 0 Å². The van der Waals surface area contributed by atoms with Gasteiger partial charge in [0, 0.05) is 12.2 Å². The summed E-state index contributed by atoms with van der Waals surface area (Å²) in [5, 5.41) is 5.29. The minimum Gasteiger partial charge on any atom is -0.453 e. The molecule has 0 spiro atoms. The molecule has 0 saturated carbocycles. The van der Waals surface area contributed by atoms with E-state index in [0.717, 1.165) is 5.56 Å². The normalized spacial score (nSPS) is 10.3. The van der Waals surface area contributed by atoms with Crippen LogP contribution in [-0.4, -0.2) is 25.7 Å². The SMILES string of the molecule is COC(=O)Nc1ccc(CNC(=O)Cc2ccc(OC(F)F)cc2)cc1. The van der Waals surface area contributed by atoms with Gasteiger partial charge in [-0.1, -0.05) is 24.3 Å². The zero-order valence-corrected chi connectivity index (χ0v) is 14.0. The maximum absolute atomic E-state index is 12.1. The first-order chi connectivity index (χ1) is 12.5. The lowest BCUT2D eigenvalue weighted by Crippen LogP contribution is -2.24. The maximum Gasteiger partial charge on any atom is 0.411 e. The lowest BCUT2D eigenvalue weighted by Gasteiger charge is -2.08. The number of carbonyl (C=O) groups excluding carboxylic acids is 2. The van der Waals surface area contributed by atoms with Crippen LogP contribution in [0.4, 0.5) is 19.3 Å². The fourth-order valence-corrected chi connectivity index (χ4v) is 2.11. The van der Waals surface area contributed by atoms with Crippen LogP contribution in [-0.2, 0) is 22.5 Å². The largest absolute Gasteiger partial charge is 0.453 e. The van der Waals surface area contributed by atoms with Crippen molar-refractivity contribution in [3.05, 3.63) is 59.7 Å². The summed E-state index contributed by atoms with van der Waals surface area (Å²) < 4.78 is 32.9. The Bertz CT molecular complexity index is 734. The molecular weight excluding hydrogens is 346 g/mol. The minimum absolute atomic E-state index is 0.0461. The fraction of sp³-hybridized carbons (Fsp3) is 0.222. The van der Waals surface area contributed by atoms with Gasteiger partial charge in [-0.05, 0) is 35.4 Å². The highest BCUT2D eigenvalue weighted by Crippen LogP contribution is 2.15. The third-order valence-electron chi connectivity index (χ3n) is 3.39. The molecule has 0 aromatic heterocycles. The first-order valence-electron chi connectivity index (χ1n) is 7.70. The lowest BCUT2D eigenvalue weighted by atomic mass is 10.1. The van der Waals surface area contributed by atoms with Crippen molar-refractivity contribution in [2.45, 2.75) is 19.6 Å². The molecule has 0 fully saturated rings. The molecule has 2 N–H and O–H groups in total. The maximum atomic E-state index is 12.1. The van der Waals surface area contributed by atoms with E-state index in [4.69, 9.17) is 0 Å². The van der Waals surface area contributed by atoms with Crippen molar-refractivity contribution in [1.82, 2.24) is 5.32 Å². The van der Waals surface area contributed by atoms with E-state index in [9.17, 15) is 18.4 Å². The Morgan fingerprint density at radius 3 is 2.19 bits per heavy atom. The summed E-state index contributed by atoms with van der Waals surface area (Å²) in [4.78, 5) is 23.1. The van der Waals surface area contributed by atoms with Crippen LogP contribution in [0, 0.1) is 0 Å². The molecule has 26 heavy (non-hydrogen) atoms. The van der Waals surface area contributed by atoms with Gasteiger partial charge >= 0.3 is 12.7 Å². The molecular formula is C18H18F2N2O4. The Balaban J connectivity index is 1.80. The van der Waals surface area contributed by atoms with Gasteiger partial charge in [0.25, 0.3) is 0 Å². The van der Waals surface area contributed by atoms with Crippen LogP contribution < -0.4 is 15.4 Å². The first-order valence-corrected chi connectivity index (χ1v) is 7.70. The molecule has 2 amide bonds. The number of amides is 2. The van der Waals surface area contributed by atoms with Gasteiger partial charge in [-0.2, -0.15) is 8.78 Å². The summed E-state index contributed by atoms with van der Waals surface area (Å²) in [6.07, 6.45) is -0.437. The Labute approximate surface area is 149 Å². The van der Waals surface area contributed by atoms with Gasteiger partial charge < -0.3 is 14.8 Å². The number of nitrogens with one attached hydrogen (secondary N) is 2. The van der Waals surface area contributed by atoms with E-state index in [-0.39, 0.29) is 18.1 Å².